The summed E-state index contributed by atoms with van der Waals surface area (Å²) in [5.41, 5.74) is 4.24. The molecule has 1 heterocycles. The van der Waals surface area contributed by atoms with Crippen molar-refractivity contribution in [2.45, 2.75) is 37.9 Å². The van der Waals surface area contributed by atoms with Crippen LogP contribution in [0.15, 0.2) is 79.4 Å². The van der Waals surface area contributed by atoms with E-state index in [1.165, 1.54) is 17.7 Å². The molecule has 1 unspecified atom stereocenters. The normalized spacial score (nSPS) is 16.5. The Kier molecular flexibility index (Phi) is 8.53. The summed E-state index contributed by atoms with van der Waals surface area (Å²) < 4.78 is 25.7. The van der Waals surface area contributed by atoms with Gasteiger partial charge in [0.2, 0.25) is 0 Å². The average Bonchev–Trinajstić information content (AvgIpc) is 3.28. The lowest BCUT2D eigenvalue weighted by atomic mass is 9.81. The van der Waals surface area contributed by atoms with Crippen LogP contribution in [0.25, 0.3) is 0 Å². The van der Waals surface area contributed by atoms with Crippen LogP contribution in [0.5, 0.6) is 5.75 Å². The molecule has 3 aromatic rings. The molecule has 0 fully saturated rings. The number of nitriles is 1. The van der Waals surface area contributed by atoms with Crippen LogP contribution in [-0.4, -0.2) is 31.6 Å². The molecule has 1 aliphatic rings. The van der Waals surface area contributed by atoms with Crippen molar-refractivity contribution in [3.8, 4) is 11.8 Å². The van der Waals surface area contributed by atoms with Crippen molar-refractivity contribution in [2.75, 3.05) is 26.7 Å². The molecule has 0 amide bonds. The molecule has 3 aromatic carbocycles. The Labute approximate surface area is 213 Å². The van der Waals surface area contributed by atoms with Gasteiger partial charge in [0, 0.05) is 6.54 Å². The number of methoxy groups -OCH3 is 1. The lowest BCUT2D eigenvalue weighted by Gasteiger charge is -2.32. The highest BCUT2D eigenvalue weighted by Crippen LogP contribution is 2.45. The van der Waals surface area contributed by atoms with Crippen LogP contribution >= 0.6 is 0 Å². The zero-order valence-corrected chi connectivity index (χ0v) is 20.9. The topological polar surface area (TPSA) is 45.5 Å². The molecular weight excluding hydrogens is 451 g/mol. The third-order valence-corrected chi connectivity index (χ3v) is 6.96. The SMILES string of the molecule is C=CCN(CCCc1ccccc1OC)CCCC1(c2ccc(F)cc2)OCc2cc(C#N)ccc21. The fourth-order valence-electron chi connectivity index (χ4n) is 5.20. The summed E-state index contributed by atoms with van der Waals surface area (Å²) in [5, 5.41) is 9.32. The van der Waals surface area contributed by atoms with Crippen LogP contribution in [0.3, 0.4) is 0 Å². The fraction of sp³-hybridized carbons (Fsp3) is 0.323. The zero-order valence-electron chi connectivity index (χ0n) is 20.9. The van der Waals surface area contributed by atoms with Crippen LogP contribution in [0, 0.1) is 17.1 Å². The number of benzene rings is 3. The van der Waals surface area contributed by atoms with Gasteiger partial charge in [-0.2, -0.15) is 5.26 Å². The number of hydrogen-bond acceptors (Lipinski definition) is 4. The van der Waals surface area contributed by atoms with Gasteiger partial charge in [0.25, 0.3) is 0 Å². The molecule has 0 saturated carbocycles. The molecule has 186 valence electrons. The third-order valence-electron chi connectivity index (χ3n) is 6.96. The highest BCUT2D eigenvalue weighted by molar-refractivity contribution is 5.48. The van der Waals surface area contributed by atoms with Gasteiger partial charge in [-0.1, -0.05) is 42.5 Å². The summed E-state index contributed by atoms with van der Waals surface area (Å²) in [6.07, 6.45) is 5.59. The summed E-state index contributed by atoms with van der Waals surface area (Å²) in [7, 11) is 1.71. The van der Waals surface area contributed by atoms with E-state index in [0.717, 1.165) is 67.8 Å². The monoisotopic (exact) mass is 484 g/mol. The number of nitrogens with zero attached hydrogens (tertiary/aromatic N) is 2. The van der Waals surface area contributed by atoms with Gasteiger partial charge < -0.3 is 9.47 Å². The molecule has 0 aliphatic carbocycles. The molecule has 1 aliphatic heterocycles. The zero-order chi connectivity index (χ0) is 25.4. The number of aryl methyl sites for hydroxylation is 1. The molecule has 5 heteroatoms. The third kappa shape index (κ3) is 5.67. The molecule has 0 N–H and O–H groups in total. The van der Waals surface area contributed by atoms with E-state index in [4.69, 9.17) is 9.47 Å². The van der Waals surface area contributed by atoms with Gasteiger partial charge in [0.05, 0.1) is 25.3 Å². The summed E-state index contributed by atoms with van der Waals surface area (Å²) >= 11 is 0. The van der Waals surface area contributed by atoms with Crippen LogP contribution in [0.4, 0.5) is 4.39 Å². The molecule has 0 saturated heterocycles. The first-order valence-electron chi connectivity index (χ1n) is 12.5. The summed E-state index contributed by atoms with van der Waals surface area (Å²) in [5.74, 6) is 0.671. The first kappa shape index (κ1) is 25.6. The predicted octanol–water partition coefficient (Wildman–Crippen LogP) is 6.38. The smallest absolute Gasteiger partial charge is 0.123 e. The van der Waals surface area contributed by atoms with E-state index in [9.17, 15) is 9.65 Å². The maximum absolute atomic E-state index is 13.7. The molecular formula is C31H33FN2O2. The van der Waals surface area contributed by atoms with E-state index < -0.39 is 5.60 Å². The second-order valence-electron chi connectivity index (χ2n) is 9.21. The van der Waals surface area contributed by atoms with Gasteiger partial charge >= 0.3 is 0 Å². The molecule has 4 rings (SSSR count). The molecule has 36 heavy (non-hydrogen) atoms. The first-order valence-corrected chi connectivity index (χ1v) is 12.5. The van der Waals surface area contributed by atoms with E-state index in [0.29, 0.717) is 12.2 Å². The number of ether oxygens (including phenoxy) is 2. The van der Waals surface area contributed by atoms with E-state index >= 15 is 0 Å². The minimum Gasteiger partial charge on any atom is -0.496 e. The highest BCUT2D eigenvalue weighted by atomic mass is 19.1. The van der Waals surface area contributed by atoms with E-state index in [1.54, 1.807) is 7.11 Å². The average molecular weight is 485 g/mol. The summed E-state index contributed by atoms with van der Waals surface area (Å²) in [6.45, 7) is 7.06. The highest BCUT2D eigenvalue weighted by Gasteiger charge is 2.41. The van der Waals surface area contributed by atoms with Crippen molar-refractivity contribution in [2.24, 2.45) is 0 Å². The second-order valence-corrected chi connectivity index (χ2v) is 9.21. The van der Waals surface area contributed by atoms with E-state index in [1.807, 2.05) is 54.6 Å². The standard InChI is InChI=1S/C31H33FN2O2/c1-3-18-34(19-6-9-25-8-4-5-10-30(25)35-2)20-7-17-31(27-12-14-28(32)15-13-27)29-16-11-24(22-33)21-26(29)23-36-31/h3-5,8,10-16,21H,1,6-7,9,17-20,23H2,2H3. The van der Waals surface area contributed by atoms with E-state index in [2.05, 4.69) is 23.6 Å². The summed E-state index contributed by atoms with van der Waals surface area (Å²) in [6, 6.07) is 22.7. The Hall–Kier alpha value is -3.46. The Morgan fingerprint density at radius 2 is 1.89 bits per heavy atom. The molecule has 0 aromatic heterocycles. The lowest BCUT2D eigenvalue weighted by molar-refractivity contribution is -0.0144. The Morgan fingerprint density at radius 1 is 1.11 bits per heavy atom. The van der Waals surface area contributed by atoms with Gasteiger partial charge in [0.15, 0.2) is 0 Å². The van der Waals surface area contributed by atoms with Crippen LogP contribution in [-0.2, 0) is 23.4 Å². The molecule has 0 spiro atoms. The fourth-order valence-corrected chi connectivity index (χ4v) is 5.20. The maximum atomic E-state index is 13.7. The molecule has 1 atom stereocenters. The number of hydrogen-bond donors (Lipinski definition) is 0. The van der Waals surface area contributed by atoms with Gasteiger partial charge in [-0.25, -0.2) is 4.39 Å². The lowest BCUT2D eigenvalue weighted by Crippen LogP contribution is -2.31. The Bertz CT molecular complexity index is 1220. The molecule has 0 radical (unpaired) electrons. The maximum Gasteiger partial charge on any atom is 0.123 e. The van der Waals surface area contributed by atoms with Gasteiger partial charge in [-0.3, -0.25) is 4.90 Å². The number of para-hydroxylation sites is 1. The van der Waals surface area contributed by atoms with Crippen molar-refractivity contribution in [3.63, 3.8) is 0 Å². The van der Waals surface area contributed by atoms with Crippen molar-refractivity contribution < 1.29 is 13.9 Å². The quantitative estimate of drug-likeness (QED) is 0.280. The van der Waals surface area contributed by atoms with E-state index in [-0.39, 0.29) is 5.82 Å². The van der Waals surface area contributed by atoms with Gasteiger partial charge in [0.1, 0.15) is 17.2 Å². The minimum absolute atomic E-state index is 0.265. The largest absolute Gasteiger partial charge is 0.496 e. The predicted molar refractivity (Wildman–Crippen MR) is 140 cm³/mol. The summed E-state index contributed by atoms with van der Waals surface area (Å²) in [4.78, 5) is 2.41. The Morgan fingerprint density at radius 3 is 2.64 bits per heavy atom. The molecule has 4 nitrogen and oxygen atoms in total. The minimum atomic E-state index is -0.645. The molecule has 0 bridgehead atoms. The van der Waals surface area contributed by atoms with Crippen molar-refractivity contribution in [1.82, 2.24) is 4.90 Å². The van der Waals surface area contributed by atoms with Crippen molar-refractivity contribution in [1.29, 1.82) is 5.26 Å². The van der Waals surface area contributed by atoms with Crippen LogP contribution < -0.4 is 4.74 Å². The van der Waals surface area contributed by atoms with Crippen LogP contribution in [0.1, 0.15) is 47.1 Å². The number of rotatable bonds is 12. The second kappa shape index (κ2) is 12.0. The van der Waals surface area contributed by atoms with Crippen molar-refractivity contribution in [3.05, 3.63) is 113 Å². The Balaban J connectivity index is 1.45. The number of halogens is 1. The van der Waals surface area contributed by atoms with Gasteiger partial charge in [-0.05, 0) is 91.4 Å². The first-order chi connectivity index (χ1) is 17.6. The van der Waals surface area contributed by atoms with Crippen LogP contribution in [0.2, 0.25) is 0 Å². The number of fused-ring (bicyclic) bond motifs is 1. The van der Waals surface area contributed by atoms with Crippen molar-refractivity contribution >= 4 is 0 Å². The van der Waals surface area contributed by atoms with Gasteiger partial charge in [-0.15, -0.1) is 6.58 Å².